The maximum Gasteiger partial charge on any atom is 0.471 e. The van der Waals surface area contributed by atoms with Gasteiger partial charge in [-0.25, -0.2) is 9.78 Å². The first kappa shape index (κ1) is 13.6. The van der Waals surface area contributed by atoms with Crippen molar-refractivity contribution in [2.45, 2.75) is 19.1 Å². The first-order chi connectivity index (χ1) is 8.77. The molecule has 1 aliphatic rings. The molecule has 19 heavy (non-hydrogen) atoms. The third-order valence-electron chi connectivity index (χ3n) is 2.47. The Hall–Kier alpha value is -1.84. The van der Waals surface area contributed by atoms with Crippen molar-refractivity contribution >= 4 is 28.5 Å². The minimum atomic E-state index is -4.90. The van der Waals surface area contributed by atoms with Gasteiger partial charge in [0.05, 0.1) is 12.2 Å². The van der Waals surface area contributed by atoms with Gasteiger partial charge in [-0.1, -0.05) is 11.3 Å². The zero-order chi connectivity index (χ0) is 14.2. The lowest BCUT2D eigenvalue weighted by Gasteiger charge is -2.26. The third-order valence-corrected chi connectivity index (χ3v) is 3.47. The van der Waals surface area contributed by atoms with E-state index < -0.39 is 18.2 Å². The number of aromatic nitrogens is 1. The number of nitrogens with one attached hydrogen (secondary N) is 1. The molecule has 0 atom stereocenters. The predicted molar refractivity (Wildman–Crippen MR) is 58.9 cm³/mol. The molecule has 1 aromatic heterocycles. The van der Waals surface area contributed by atoms with Gasteiger partial charge in [0.25, 0.3) is 0 Å². The first-order valence-electron chi connectivity index (χ1n) is 5.12. The van der Waals surface area contributed by atoms with Crippen molar-refractivity contribution in [2.24, 2.45) is 0 Å². The number of thiazole rings is 1. The summed E-state index contributed by atoms with van der Waals surface area (Å²) in [5.41, 5.74) is 0.528. The van der Waals surface area contributed by atoms with E-state index in [0.29, 0.717) is 15.5 Å². The van der Waals surface area contributed by atoms with E-state index in [1.54, 1.807) is 0 Å². The zero-order valence-corrected chi connectivity index (χ0v) is 10.1. The molecule has 0 saturated carbocycles. The topological polar surface area (TPSA) is 82.5 Å². The van der Waals surface area contributed by atoms with Crippen LogP contribution in [0.15, 0.2) is 0 Å². The summed E-state index contributed by atoms with van der Waals surface area (Å²) >= 11 is 0.931. The van der Waals surface area contributed by atoms with Gasteiger partial charge in [-0.05, 0) is 0 Å². The van der Waals surface area contributed by atoms with Crippen LogP contribution >= 0.6 is 11.3 Å². The number of amides is 2. The number of rotatable bonds is 1. The van der Waals surface area contributed by atoms with E-state index in [9.17, 15) is 22.8 Å². The smallest absolute Gasteiger partial charge is 0.465 e. The lowest BCUT2D eigenvalue weighted by molar-refractivity contribution is -0.186. The molecule has 6 nitrogen and oxygen atoms in total. The second kappa shape index (κ2) is 4.68. The number of hydrogen-bond donors (Lipinski definition) is 2. The van der Waals surface area contributed by atoms with Gasteiger partial charge < -0.3 is 10.0 Å². The number of fused-ring (bicyclic) bond motifs is 1. The number of halogens is 3. The van der Waals surface area contributed by atoms with E-state index in [4.69, 9.17) is 5.11 Å². The van der Waals surface area contributed by atoms with Crippen LogP contribution in [0.4, 0.5) is 23.1 Å². The Morgan fingerprint density at radius 1 is 1.42 bits per heavy atom. The Balaban J connectivity index is 2.14. The van der Waals surface area contributed by atoms with Crippen LogP contribution in [0.3, 0.4) is 0 Å². The van der Waals surface area contributed by atoms with Gasteiger partial charge in [0, 0.05) is 17.8 Å². The van der Waals surface area contributed by atoms with Crippen molar-refractivity contribution in [1.82, 2.24) is 9.88 Å². The van der Waals surface area contributed by atoms with Gasteiger partial charge in [-0.15, -0.1) is 0 Å². The molecule has 0 aliphatic carbocycles. The molecule has 104 valence electrons. The van der Waals surface area contributed by atoms with Crippen molar-refractivity contribution in [3.05, 3.63) is 10.6 Å². The highest BCUT2D eigenvalue weighted by molar-refractivity contribution is 7.15. The Bertz CT molecular complexity index is 529. The standard InChI is InChI=1S/C9H8F3N3O3S/c10-9(11,12)6(16)15-2-1-4-5(3-15)19-7(13-4)14-8(17)18/h1-3H2,(H,13,14)(H,17,18). The van der Waals surface area contributed by atoms with Crippen LogP contribution in [0.25, 0.3) is 0 Å². The largest absolute Gasteiger partial charge is 0.471 e. The third kappa shape index (κ3) is 2.95. The minimum Gasteiger partial charge on any atom is -0.465 e. The van der Waals surface area contributed by atoms with Crippen molar-refractivity contribution < 1.29 is 27.9 Å². The van der Waals surface area contributed by atoms with Crippen molar-refractivity contribution in [1.29, 1.82) is 0 Å². The van der Waals surface area contributed by atoms with Gasteiger partial charge in [0.2, 0.25) is 0 Å². The minimum absolute atomic E-state index is 0.0818. The zero-order valence-electron chi connectivity index (χ0n) is 9.32. The maximum atomic E-state index is 12.3. The summed E-state index contributed by atoms with van der Waals surface area (Å²) in [5, 5.41) is 10.6. The van der Waals surface area contributed by atoms with Crippen molar-refractivity contribution in [3.8, 4) is 0 Å². The summed E-state index contributed by atoms with van der Waals surface area (Å²) < 4.78 is 36.9. The van der Waals surface area contributed by atoms with E-state index in [0.717, 1.165) is 11.3 Å². The molecule has 1 aromatic rings. The summed E-state index contributed by atoms with van der Waals surface area (Å²) in [6, 6.07) is 0. The molecule has 2 amide bonds. The summed E-state index contributed by atoms with van der Waals surface area (Å²) in [7, 11) is 0. The first-order valence-corrected chi connectivity index (χ1v) is 5.93. The molecule has 1 aliphatic heterocycles. The van der Waals surface area contributed by atoms with Gasteiger partial charge in [0.1, 0.15) is 0 Å². The molecule has 0 radical (unpaired) electrons. The summed E-state index contributed by atoms with van der Waals surface area (Å²) in [6.07, 6.45) is -6.02. The predicted octanol–water partition coefficient (Wildman–Crippen LogP) is 1.68. The molecule has 10 heteroatoms. The second-order valence-electron chi connectivity index (χ2n) is 3.79. The van der Waals surface area contributed by atoms with E-state index in [1.165, 1.54) is 0 Å². The van der Waals surface area contributed by atoms with E-state index >= 15 is 0 Å². The highest BCUT2D eigenvalue weighted by Crippen LogP contribution is 2.30. The molecule has 2 N–H and O–H groups in total. The number of carbonyl (C=O) groups excluding carboxylic acids is 1. The molecule has 0 unspecified atom stereocenters. The Labute approximate surface area is 108 Å². The van der Waals surface area contributed by atoms with Crippen LogP contribution in [-0.2, 0) is 17.8 Å². The fraction of sp³-hybridized carbons (Fsp3) is 0.444. The quantitative estimate of drug-likeness (QED) is 0.825. The highest BCUT2D eigenvalue weighted by atomic mass is 32.1. The second-order valence-corrected chi connectivity index (χ2v) is 4.88. The number of anilines is 1. The normalized spacial score (nSPS) is 15.0. The summed E-state index contributed by atoms with van der Waals surface area (Å²) in [4.78, 5) is 26.6. The average Bonchev–Trinajstić information content (AvgIpc) is 2.66. The summed E-state index contributed by atoms with van der Waals surface area (Å²) in [5.74, 6) is -1.89. The number of carbonyl (C=O) groups is 2. The van der Waals surface area contributed by atoms with Gasteiger partial charge in [-0.3, -0.25) is 10.1 Å². The number of alkyl halides is 3. The van der Waals surface area contributed by atoms with Crippen LogP contribution in [0, 0.1) is 0 Å². The molecule has 0 saturated heterocycles. The Kier molecular flexibility index (Phi) is 3.35. The van der Waals surface area contributed by atoms with Crippen LogP contribution in [0.2, 0.25) is 0 Å². The lowest BCUT2D eigenvalue weighted by atomic mass is 10.2. The molecule has 0 spiro atoms. The van der Waals surface area contributed by atoms with Crippen LogP contribution in [-0.4, -0.2) is 39.7 Å². The molecule has 2 rings (SSSR count). The summed E-state index contributed by atoms with van der Waals surface area (Å²) in [6.45, 7) is -0.284. The van der Waals surface area contributed by atoms with Crippen LogP contribution in [0.5, 0.6) is 0 Å². The van der Waals surface area contributed by atoms with Gasteiger partial charge in [0.15, 0.2) is 5.13 Å². The Morgan fingerprint density at radius 2 is 2.11 bits per heavy atom. The van der Waals surface area contributed by atoms with Crippen molar-refractivity contribution in [3.63, 3.8) is 0 Å². The van der Waals surface area contributed by atoms with E-state index in [-0.39, 0.29) is 24.6 Å². The number of nitrogens with zero attached hydrogens (tertiary/aromatic N) is 2. The van der Waals surface area contributed by atoms with Crippen molar-refractivity contribution in [2.75, 3.05) is 11.9 Å². The fourth-order valence-corrected chi connectivity index (χ4v) is 2.71. The van der Waals surface area contributed by atoms with E-state index in [2.05, 4.69) is 4.98 Å². The highest BCUT2D eigenvalue weighted by Gasteiger charge is 2.43. The van der Waals surface area contributed by atoms with Gasteiger partial charge >= 0.3 is 18.2 Å². The number of hydrogen-bond acceptors (Lipinski definition) is 4. The SMILES string of the molecule is O=C(O)Nc1nc2c(s1)CN(C(=O)C(F)(F)F)CC2. The van der Waals surface area contributed by atoms with Crippen LogP contribution < -0.4 is 5.32 Å². The monoisotopic (exact) mass is 295 g/mol. The molecular formula is C9H8F3N3O3S. The molecule has 0 fully saturated rings. The lowest BCUT2D eigenvalue weighted by Crippen LogP contribution is -2.43. The Morgan fingerprint density at radius 3 is 2.68 bits per heavy atom. The molecule has 0 bridgehead atoms. The number of carboxylic acid groups (broad SMARTS) is 1. The molecule has 0 aromatic carbocycles. The average molecular weight is 295 g/mol. The van der Waals surface area contributed by atoms with E-state index in [1.807, 2.05) is 5.32 Å². The molecule has 2 heterocycles. The maximum absolute atomic E-state index is 12.3. The molecular weight excluding hydrogens is 287 g/mol. The van der Waals surface area contributed by atoms with Gasteiger partial charge in [-0.2, -0.15) is 13.2 Å². The van der Waals surface area contributed by atoms with Crippen LogP contribution in [0.1, 0.15) is 10.6 Å². The fourth-order valence-electron chi connectivity index (χ4n) is 1.69.